The van der Waals surface area contributed by atoms with Gasteiger partial charge in [-0.2, -0.15) is 0 Å². The third-order valence-electron chi connectivity index (χ3n) is 6.36. The first-order valence-corrected chi connectivity index (χ1v) is 14.7. The van der Waals surface area contributed by atoms with Crippen LogP contribution in [0.3, 0.4) is 0 Å². The summed E-state index contributed by atoms with van der Waals surface area (Å²) in [7, 11) is 1.33. The van der Waals surface area contributed by atoms with Gasteiger partial charge in [0.2, 0.25) is 0 Å². The second kappa shape index (κ2) is 12.0. The third-order valence-corrected chi connectivity index (χ3v) is 8.52. The van der Waals surface area contributed by atoms with Crippen molar-refractivity contribution in [1.29, 1.82) is 0 Å². The Kier molecular flexibility index (Phi) is 8.48. The highest BCUT2D eigenvalue weighted by atomic mass is 79.9. The van der Waals surface area contributed by atoms with Gasteiger partial charge in [-0.1, -0.05) is 60.7 Å². The number of thiazole rings is 1. The second-order valence-corrected chi connectivity index (χ2v) is 11.6. The minimum absolute atomic E-state index is 0.189. The zero-order valence-corrected chi connectivity index (χ0v) is 25.5. The quantitative estimate of drug-likeness (QED) is 0.223. The summed E-state index contributed by atoms with van der Waals surface area (Å²) in [6.45, 7) is 2.11. The first kappa shape index (κ1) is 28.2. The third kappa shape index (κ3) is 5.61. The molecule has 1 atom stereocenters. The van der Waals surface area contributed by atoms with E-state index in [-0.39, 0.29) is 18.0 Å². The molecule has 0 amide bonds. The van der Waals surface area contributed by atoms with Crippen LogP contribution in [0.1, 0.15) is 36.1 Å². The van der Waals surface area contributed by atoms with Crippen molar-refractivity contribution in [2.24, 2.45) is 4.99 Å². The van der Waals surface area contributed by atoms with Gasteiger partial charge in [0.05, 0.1) is 37.9 Å². The summed E-state index contributed by atoms with van der Waals surface area (Å²) in [6.07, 6.45) is 2.29. The molecule has 0 fully saturated rings. The first-order valence-electron chi connectivity index (χ1n) is 12.3. The van der Waals surface area contributed by atoms with Crippen LogP contribution >= 0.6 is 43.2 Å². The van der Waals surface area contributed by atoms with Crippen molar-refractivity contribution in [3.63, 3.8) is 0 Å². The summed E-state index contributed by atoms with van der Waals surface area (Å²) in [5.74, 6) is -0.275. The van der Waals surface area contributed by atoms with Crippen molar-refractivity contribution in [2.45, 2.75) is 26.0 Å². The average Bonchev–Trinajstić information content (AvgIpc) is 3.25. The molecule has 0 saturated heterocycles. The summed E-state index contributed by atoms with van der Waals surface area (Å²) in [6, 6.07) is 18.7. The van der Waals surface area contributed by atoms with Crippen LogP contribution < -0.4 is 19.6 Å². The molecule has 1 aliphatic rings. The number of aromatic nitrogens is 1. The minimum Gasteiger partial charge on any atom is -0.487 e. The molecule has 0 spiro atoms. The first-order chi connectivity index (χ1) is 19.3. The van der Waals surface area contributed by atoms with E-state index in [1.807, 2.05) is 49.4 Å². The molecule has 1 aromatic heterocycles. The van der Waals surface area contributed by atoms with Gasteiger partial charge in [0.25, 0.3) is 5.56 Å². The zero-order chi connectivity index (χ0) is 28.4. The van der Waals surface area contributed by atoms with E-state index < -0.39 is 12.0 Å². The van der Waals surface area contributed by atoms with Gasteiger partial charge in [0.15, 0.2) is 4.80 Å². The number of hydrogen-bond donors (Lipinski definition) is 0. The molecule has 6 nitrogen and oxygen atoms in total. The van der Waals surface area contributed by atoms with E-state index in [1.165, 1.54) is 30.6 Å². The number of carbonyl (C=O) groups is 1. The lowest BCUT2D eigenvalue weighted by Gasteiger charge is -2.25. The lowest BCUT2D eigenvalue weighted by atomic mass is 9.95. The van der Waals surface area contributed by atoms with Crippen LogP contribution in [0.15, 0.2) is 96.7 Å². The second-order valence-electron chi connectivity index (χ2n) is 8.93. The lowest BCUT2D eigenvalue weighted by Crippen LogP contribution is -2.40. The van der Waals surface area contributed by atoms with Gasteiger partial charge < -0.3 is 9.47 Å². The van der Waals surface area contributed by atoms with Crippen LogP contribution in [0.4, 0.5) is 4.39 Å². The van der Waals surface area contributed by atoms with E-state index in [0.29, 0.717) is 47.3 Å². The summed E-state index contributed by atoms with van der Waals surface area (Å²) in [4.78, 5) is 31.9. The Balaban J connectivity index is 1.57. The van der Waals surface area contributed by atoms with Crippen LogP contribution in [-0.4, -0.2) is 17.6 Å². The zero-order valence-electron chi connectivity index (χ0n) is 21.5. The van der Waals surface area contributed by atoms with E-state index >= 15 is 0 Å². The molecule has 40 heavy (non-hydrogen) atoms. The maximum atomic E-state index is 13.8. The average molecular weight is 686 g/mol. The number of nitrogens with zero attached hydrogens (tertiary/aromatic N) is 2. The van der Waals surface area contributed by atoms with Gasteiger partial charge in [-0.05, 0) is 85.3 Å². The highest BCUT2D eigenvalue weighted by Crippen LogP contribution is 2.36. The summed E-state index contributed by atoms with van der Waals surface area (Å²) < 4.78 is 27.9. The summed E-state index contributed by atoms with van der Waals surface area (Å²) in [5.41, 5.74) is 2.95. The lowest BCUT2D eigenvalue weighted by molar-refractivity contribution is -0.136. The fourth-order valence-electron chi connectivity index (χ4n) is 4.55. The standard InChI is InChI=1S/C30H23Br2FN2O4S/c1-3-23-25(29(37)38-2)26(19-9-5-4-6-10-19)35-28(36)24(40-30(35)34-23)15-18-13-21(31)27(22(32)14-18)39-16-17-8-7-11-20(33)12-17/h4-15,26H,3,16H2,1-2H3/b24-15-/t26-/m0/s1. The predicted molar refractivity (Wildman–Crippen MR) is 159 cm³/mol. The van der Waals surface area contributed by atoms with Gasteiger partial charge in [-0.3, -0.25) is 9.36 Å². The predicted octanol–water partition coefficient (Wildman–Crippen LogP) is 6.04. The molecule has 204 valence electrons. The van der Waals surface area contributed by atoms with Crippen LogP contribution in [0.5, 0.6) is 5.75 Å². The van der Waals surface area contributed by atoms with E-state index in [0.717, 1.165) is 11.1 Å². The van der Waals surface area contributed by atoms with Crippen molar-refractivity contribution >= 4 is 55.2 Å². The minimum atomic E-state index is -0.654. The van der Waals surface area contributed by atoms with Crippen molar-refractivity contribution < 1.29 is 18.7 Å². The molecule has 0 saturated carbocycles. The Morgan fingerprint density at radius 1 is 1.10 bits per heavy atom. The molecule has 0 radical (unpaired) electrons. The van der Waals surface area contributed by atoms with E-state index in [4.69, 9.17) is 14.5 Å². The van der Waals surface area contributed by atoms with E-state index in [1.54, 1.807) is 22.8 Å². The summed E-state index contributed by atoms with van der Waals surface area (Å²) >= 11 is 8.38. The maximum Gasteiger partial charge on any atom is 0.338 e. The summed E-state index contributed by atoms with van der Waals surface area (Å²) in [5, 5.41) is 0. The molecule has 4 aromatic rings. The number of benzene rings is 3. The molecule has 0 aliphatic carbocycles. The molecule has 0 unspecified atom stereocenters. The molecule has 2 heterocycles. The molecule has 5 rings (SSSR count). The van der Waals surface area contributed by atoms with E-state index in [9.17, 15) is 14.0 Å². The fourth-order valence-corrected chi connectivity index (χ4v) is 7.02. The Morgan fingerprint density at radius 3 is 2.48 bits per heavy atom. The van der Waals surface area contributed by atoms with Gasteiger partial charge in [-0.15, -0.1) is 0 Å². The topological polar surface area (TPSA) is 69.9 Å². The fraction of sp³-hybridized carbons (Fsp3) is 0.167. The van der Waals surface area contributed by atoms with Crippen LogP contribution in [0.2, 0.25) is 0 Å². The van der Waals surface area contributed by atoms with Crippen LogP contribution in [0.25, 0.3) is 6.08 Å². The van der Waals surface area contributed by atoms with Gasteiger partial charge in [0.1, 0.15) is 18.2 Å². The van der Waals surface area contributed by atoms with Crippen molar-refractivity contribution in [3.05, 3.63) is 129 Å². The number of esters is 1. The normalized spacial score (nSPS) is 15.0. The maximum absolute atomic E-state index is 13.8. The number of ether oxygens (including phenoxy) is 2. The molecule has 10 heteroatoms. The molecule has 3 aromatic carbocycles. The molecular formula is C30H23Br2FN2O4S. The molecule has 0 N–H and O–H groups in total. The Bertz CT molecular complexity index is 1790. The van der Waals surface area contributed by atoms with Crippen molar-refractivity contribution in [3.8, 4) is 5.75 Å². The molecule has 1 aliphatic heterocycles. The van der Waals surface area contributed by atoms with Gasteiger partial charge in [0, 0.05) is 0 Å². The SMILES string of the molecule is CCC1=C(C(=O)OC)[C@H](c2ccccc2)n2c(s/c(=C\c3cc(Br)c(OCc4cccc(F)c4)c(Br)c3)c2=O)=N1. The van der Waals surface area contributed by atoms with Crippen LogP contribution in [0, 0.1) is 5.82 Å². The van der Waals surface area contributed by atoms with Gasteiger partial charge >= 0.3 is 5.97 Å². The highest BCUT2D eigenvalue weighted by Gasteiger charge is 2.33. The number of methoxy groups -OCH3 is 1. The van der Waals surface area contributed by atoms with Gasteiger partial charge in [-0.25, -0.2) is 14.2 Å². The number of halogens is 3. The Labute approximate surface area is 250 Å². The monoisotopic (exact) mass is 684 g/mol. The largest absolute Gasteiger partial charge is 0.487 e. The van der Waals surface area contributed by atoms with Crippen LogP contribution in [-0.2, 0) is 16.1 Å². The molecule has 0 bridgehead atoms. The van der Waals surface area contributed by atoms with Crippen molar-refractivity contribution in [1.82, 2.24) is 4.57 Å². The number of carbonyl (C=O) groups excluding carboxylic acids is 1. The number of hydrogen-bond acceptors (Lipinski definition) is 6. The highest BCUT2D eigenvalue weighted by molar-refractivity contribution is 9.11. The Hall–Kier alpha value is -3.34. The number of allylic oxidation sites excluding steroid dienone is 1. The number of rotatable bonds is 7. The molecular weight excluding hydrogens is 663 g/mol. The smallest absolute Gasteiger partial charge is 0.338 e. The number of fused-ring (bicyclic) bond motifs is 1. The van der Waals surface area contributed by atoms with Crippen molar-refractivity contribution in [2.75, 3.05) is 7.11 Å². The van der Waals surface area contributed by atoms with E-state index in [2.05, 4.69) is 31.9 Å². The Morgan fingerprint density at radius 2 is 1.82 bits per heavy atom.